The highest BCUT2D eigenvalue weighted by Crippen LogP contribution is 2.69. The van der Waals surface area contributed by atoms with Crippen molar-refractivity contribution in [3.8, 4) is 11.1 Å². The summed E-state index contributed by atoms with van der Waals surface area (Å²) in [7, 11) is -3.59. The van der Waals surface area contributed by atoms with Crippen LogP contribution in [0.2, 0.25) is 0 Å². The molecule has 0 saturated carbocycles. The molecule has 4 heteroatoms. The van der Waals surface area contributed by atoms with Crippen molar-refractivity contribution in [1.82, 2.24) is 0 Å². The summed E-state index contributed by atoms with van der Waals surface area (Å²) in [6.45, 7) is 4.62. The monoisotopic (exact) mass is 454 g/mol. The van der Waals surface area contributed by atoms with Crippen LogP contribution in [0.3, 0.4) is 0 Å². The fourth-order valence-corrected chi connectivity index (χ4v) is 6.62. The maximum absolute atomic E-state index is 14.6. The Balaban J connectivity index is 1.57. The van der Waals surface area contributed by atoms with Gasteiger partial charge in [-0.15, -0.1) is 0 Å². The van der Waals surface area contributed by atoms with Crippen LogP contribution in [-0.4, -0.2) is 0 Å². The van der Waals surface area contributed by atoms with Gasteiger partial charge >= 0.3 is 7.60 Å². The lowest BCUT2D eigenvalue weighted by Crippen LogP contribution is -2.07. The zero-order valence-corrected chi connectivity index (χ0v) is 19.8. The van der Waals surface area contributed by atoms with Gasteiger partial charge in [0, 0.05) is 0 Å². The van der Waals surface area contributed by atoms with E-state index in [0.717, 1.165) is 33.4 Å². The normalized spacial score (nSPS) is 13.0. The summed E-state index contributed by atoms with van der Waals surface area (Å²) in [5.41, 5.74) is 8.06. The summed E-state index contributed by atoms with van der Waals surface area (Å²) in [6, 6.07) is 32.3. The second-order valence-corrected chi connectivity index (χ2v) is 10.8. The quantitative estimate of drug-likeness (QED) is 0.265. The van der Waals surface area contributed by atoms with Gasteiger partial charge in [0.1, 0.15) is 5.66 Å². The first-order valence-electron chi connectivity index (χ1n) is 11.2. The second-order valence-electron chi connectivity index (χ2n) is 8.64. The highest BCUT2D eigenvalue weighted by atomic mass is 31.2. The van der Waals surface area contributed by atoms with Gasteiger partial charge in [0.05, 0.1) is 13.2 Å². The number of aryl methyl sites for hydroxylation is 2. The van der Waals surface area contributed by atoms with Crippen LogP contribution in [0.4, 0.5) is 0 Å². The van der Waals surface area contributed by atoms with E-state index in [1.165, 1.54) is 11.1 Å². The van der Waals surface area contributed by atoms with E-state index in [4.69, 9.17) is 9.05 Å². The molecule has 0 bridgehead atoms. The van der Waals surface area contributed by atoms with Crippen molar-refractivity contribution in [2.75, 3.05) is 0 Å². The Bertz CT molecular complexity index is 1220. The van der Waals surface area contributed by atoms with Crippen molar-refractivity contribution in [1.29, 1.82) is 0 Å². The van der Waals surface area contributed by atoms with E-state index in [1.807, 2.05) is 60.7 Å². The largest absolute Gasteiger partial charge is 0.343 e. The van der Waals surface area contributed by atoms with Gasteiger partial charge in [-0.2, -0.15) is 0 Å². The molecule has 3 nitrogen and oxygen atoms in total. The Morgan fingerprint density at radius 2 is 1.06 bits per heavy atom. The van der Waals surface area contributed by atoms with Crippen molar-refractivity contribution in [3.05, 3.63) is 130 Å². The van der Waals surface area contributed by atoms with E-state index in [9.17, 15) is 4.57 Å². The topological polar surface area (TPSA) is 35.5 Å². The van der Waals surface area contributed by atoms with Crippen molar-refractivity contribution >= 4 is 7.60 Å². The van der Waals surface area contributed by atoms with E-state index < -0.39 is 13.3 Å². The summed E-state index contributed by atoms with van der Waals surface area (Å²) in [4.78, 5) is 0. The van der Waals surface area contributed by atoms with Gasteiger partial charge in [0.15, 0.2) is 0 Å². The predicted octanol–water partition coefficient (Wildman–Crippen LogP) is 8.00. The molecule has 0 atom stereocenters. The van der Waals surface area contributed by atoms with Gasteiger partial charge in [-0.05, 0) is 47.2 Å². The van der Waals surface area contributed by atoms with Gasteiger partial charge in [-0.1, -0.05) is 108 Å². The lowest BCUT2D eigenvalue weighted by atomic mass is 10.0. The summed E-state index contributed by atoms with van der Waals surface area (Å²) in [5.74, 6) is 0. The molecule has 0 amide bonds. The third-order valence-corrected chi connectivity index (χ3v) is 8.29. The van der Waals surface area contributed by atoms with Crippen LogP contribution in [-0.2, 0) is 26.8 Å². The average Bonchev–Trinajstić information content (AvgIpc) is 3.16. The first-order chi connectivity index (χ1) is 16.0. The molecule has 0 unspecified atom stereocenters. The molecule has 0 saturated heterocycles. The van der Waals surface area contributed by atoms with E-state index in [-0.39, 0.29) is 13.2 Å². The van der Waals surface area contributed by atoms with Crippen molar-refractivity contribution < 1.29 is 13.6 Å². The fourth-order valence-electron chi connectivity index (χ4n) is 4.46. The van der Waals surface area contributed by atoms with Gasteiger partial charge in [-0.3, -0.25) is 4.57 Å². The molecule has 0 aromatic heterocycles. The molecule has 5 rings (SSSR count). The molecule has 0 N–H and O–H groups in total. The minimum Gasteiger partial charge on any atom is -0.303 e. The molecule has 0 fully saturated rings. The number of hydrogen-bond acceptors (Lipinski definition) is 3. The molecule has 4 aromatic carbocycles. The second kappa shape index (κ2) is 9.11. The van der Waals surface area contributed by atoms with Gasteiger partial charge in [0.25, 0.3) is 0 Å². The third-order valence-electron chi connectivity index (χ3n) is 6.12. The van der Waals surface area contributed by atoms with Crippen LogP contribution in [0.5, 0.6) is 0 Å². The number of benzene rings is 4. The maximum Gasteiger partial charge on any atom is 0.343 e. The Labute approximate surface area is 195 Å². The smallest absolute Gasteiger partial charge is 0.303 e. The average molecular weight is 455 g/mol. The Hall–Kier alpha value is -2.97. The van der Waals surface area contributed by atoms with Crippen LogP contribution >= 0.6 is 7.60 Å². The maximum atomic E-state index is 14.6. The summed E-state index contributed by atoms with van der Waals surface area (Å²) < 4.78 is 27.1. The Kier molecular flexibility index (Phi) is 6.03. The Morgan fingerprint density at radius 1 is 0.636 bits per heavy atom. The first kappa shape index (κ1) is 21.9. The van der Waals surface area contributed by atoms with Crippen LogP contribution in [0.15, 0.2) is 97.1 Å². The lowest BCUT2D eigenvalue weighted by molar-refractivity contribution is 0.186. The molecular formula is C29H27O3P. The SMILES string of the molecule is Cc1ccc2c(c1)-c1cc(C)ccc1C2P(=O)(OCc1ccccc1)OCc1ccccc1. The van der Waals surface area contributed by atoms with Crippen molar-refractivity contribution in [2.45, 2.75) is 32.7 Å². The molecule has 1 aliphatic rings. The molecule has 0 heterocycles. The fraction of sp³-hybridized carbons (Fsp3) is 0.172. The number of rotatable bonds is 7. The third kappa shape index (κ3) is 4.45. The van der Waals surface area contributed by atoms with Crippen LogP contribution in [0.25, 0.3) is 11.1 Å². The number of hydrogen-bond donors (Lipinski definition) is 0. The molecule has 0 radical (unpaired) electrons. The van der Waals surface area contributed by atoms with Gasteiger partial charge in [-0.25, -0.2) is 0 Å². The summed E-state index contributed by atoms with van der Waals surface area (Å²) >= 11 is 0. The van der Waals surface area contributed by atoms with Gasteiger partial charge in [0.2, 0.25) is 0 Å². The van der Waals surface area contributed by atoms with Crippen LogP contribution in [0.1, 0.15) is 39.0 Å². The van der Waals surface area contributed by atoms with Crippen molar-refractivity contribution in [3.63, 3.8) is 0 Å². The highest BCUT2D eigenvalue weighted by molar-refractivity contribution is 7.54. The Morgan fingerprint density at radius 3 is 1.48 bits per heavy atom. The summed E-state index contributed by atoms with van der Waals surface area (Å²) in [5, 5.41) is 0. The molecular weight excluding hydrogens is 427 g/mol. The zero-order valence-electron chi connectivity index (χ0n) is 18.9. The van der Waals surface area contributed by atoms with Crippen molar-refractivity contribution in [2.24, 2.45) is 0 Å². The number of fused-ring (bicyclic) bond motifs is 3. The van der Waals surface area contributed by atoms with Crippen LogP contribution < -0.4 is 0 Å². The zero-order chi connectivity index (χ0) is 22.8. The van der Waals surface area contributed by atoms with E-state index in [2.05, 4.69) is 50.2 Å². The molecule has 0 aliphatic heterocycles. The molecule has 33 heavy (non-hydrogen) atoms. The molecule has 0 spiro atoms. The minimum atomic E-state index is -3.59. The highest BCUT2D eigenvalue weighted by Gasteiger charge is 2.44. The predicted molar refractivity (Wildman–Crippen MR) is 133 cm³/mol. The standard InChI is InChI=1S/C29H27O3P/c1-21-13-15-25-27(17-21)28-18-22(2)14-16-26(28)29(25)33(30,31-19-23-9-5-3-6-10-23)32-20-24-11-7-4-8-12-24/h3-18,29H,19-20H2,1-2H3. The molecule has 4 aromatic rings. The van der Waals surface area contributed by atoms with Gasteiger partial charge < -0.3 is 9.05 Å². The van der Waals surface area contributed by atoms with E-state index in [0.29, 0.717) is 0 Å². The minimum absolute atomic E-state index is 0.228. The van der Waals surface area contributed by atoms with E-state index in [1.54, 1.807) is 0 Å². The summed E-state index contributed by atoms with van der Waals surface area (Å²) in [6.07, 6.45) is 0. The lowest BCUT2D eigenvalue weighted by Gasteiger charge is -2.26. The van der Waals surface area contributed by atoms with E-state index >= 15 is 0 Å². The van der Waals surface area contributed by atoms with Crippen LogP contribution in [0, 0.1) is 13.8 Å². The first-order valence-corrected chi connectivity index (χ1v) is 12.8. The molecule has 1 aliphatic carbocycles. The molecule has 166 valence electrons.